The van der Waals surface area contributed by atoms with Crippen LogP contribution in [-0.2, 0) is 23.8 Å². The largest absolute Gasteiger partial charge is 0.509 e. The number of rotatable bonds is 4. The van der Waals surface area contributed by atoms with Crippen molar-refractivity contribution in [3.63, 3.8) is 0 Å². The summed E-state index contributed by atoms with van der Waals surface area (Å²) in [6.07, 6.45) is -2.49. The maximum atomic E-state index is 11.3. The molecule has 17 heavy (non-hydrogen) atoms. The summed E-state index contributed by atoms with van der Waals surface area (Å²) in [5.74, 6) is -1.07. The molecule has 0 saturated carbocycles. The van der Waals surface area contributed by atoms with Crippen LogP contribution in [0.1, 0.15) is 34.1 Å². The van der Waals surface area contributed by atoms with E-state index < -0.39 is 23.8 Å². The highest BCUT2D eigenvalue weighted by atomic mass is 16.7. The van der Waals surface area contributed by atoms with Crippen LogP contribution < -0.4 is 0 Å². The lowest BCUT2D eigenvalue weighted by atomic mass is 10.2. The van der Waals surface area contributed by atoms with Crippen molar-refractivity contribution in [2.75, 3.05) is 7.11 Å². The molecule has 0 amide bonds. The third-order valence-electron chi connectivity index (χ3n) is 1.56. The van der Waals surface area contributed by atoms with E-state index in [1.54, 1.807) is 20.8 Å². The summed E-state index contributed by atoms with van der Waals surface area (Å²) in [5, 5.41) is 0. The number of carbonyl (C=O) groups excluding carboxylic acids is 3. The predicted octanol–water partition coefficient (Wildman–Crippen LogP) is 1.46. The van der Waals surface area contributed by atoms with Crippen LogP contribution in [0, 0.1) is 0 Å². The molecule has 0 aliphatic heterocycles. The van der Waals surface area contributed by atoms with Gasteiger partial charge >= 0.3 is 12.1 Å². The number of ether oxygens (including phenoxy) is 3. The number of methoxy groups -OCH3 is 1. The van der Waals surface area contributed by atoms with Gasteiger partial charge in [0.25, 0.3) is 0 Å². The van der Waals surface area contributed by atoms with Crippen molar-refractivity contribution in [2.45, 2.75) is 45.8 Å². The second kappa shape index (κ2) is 6.22. The predicted molar refractivity (Wildman–Crippen MR) is 58.4 cm³/mol. The van der Waals surface area contributed by atoms with Crippen molar-refractivity contribution >= 4 is 17.9 Å². The van der Waals surface area contributed by atoms with Gasteiger partial charge in [-0.15, -0.1) is 0 Å². The topological polar surface area (TPSA) is 78.9 Å². The number of hydrogen-bond acceptors (Lipinski definition) is 6. The van der Waals surface area contributed by atoms with Crippen molar-refractivity contribution in [3.05, 3.63) is 0 Å². The van der Waals surface area contributed by atoms with Crippen LogP contribution in [0.3, 0.4) is 0 Å². The van der Waals surface area contributed by atoms with E-state index in [0.717, 1.165) is 7.11 Å². The fraction of sp³-hybridized carbons (Fsp3) is 0.727. The fourth-order valence-corrected chi connectivity index (χ4v) is 0.956. The van der Waals surface area contributed by atoms with Crippen LogP contribution >= 0.6 is 0 Å². The average molecular weight is 246 g/mol. The summed E-state index contributed by atoms with van der Waals surface area (Å²) >= 11 is 0. The second-order valence-electron chi connectivity index (χ2n) is 4.50. The quantitative estimate of drug-likeness (QED) is 0.699. The summed E-state index contributed by atoms with van der Waals surface area (Å²) in [5.41, 5.74) is -0.728. The van der Waals surface area contributed by atoms with E-state index in [0.29, 0.717) is 0 Å². The van der Waals surface area contributed by atoms with Crippen LogP contribution in [0.2, 0.25) is 0 Å². The van der Waals surface area contributed by atoms with E-state index in [2.05, 4.69) is 4.74 Å². The first-order valence-electron chi connectivity index (χ1n) is 5.12. The standard InChI is InChI=1S/C11H18O6/c1-7(12)6-8(9(13)15-5)16-10(14)17-11(2,3)4/h8H,6H2,1-5H3. The third kappa shape index (κ3) is 7.32. The molecule has 0 aromatic heterocycles. The first-order chi connectivity index (χ1) is 7.65. The molecule has 1 atom stereocenters. The third-order valence-corrected chi connectivity index (χ3v) is 1.56. The lowest BCUT2D eigenvalue weighted by Crippen LogP contribution is -2.33. The molecule has 0 radical (unpaired) electrons. The molecule has 0 rings (SSSR count). The highest BCUT2D eigenvalue weighted by Gasteiger charge is 2.28. The summed E-state index contributed by atoms with van der Waals surface area (Å²) in [7, 11) is 1.15. The van der Waals surface area contributed by atoms with Gasteiger partial charge in [0.2, 0.25) is 6.10 Å². The van der Waals surface area contributed by atoms with Gasteiger partial charge in [0.1, 0.15) is 11.4 Å². The molecule has 0 heterocycles. The van der Waals surface area contributed by atoms with Gasteiger partial charge in [-0.05, 0) is 27.7 Å². The molecule has 0 aliphatic carbocycles. The minimum Gasteiger partial charge on any atom is -0.466 e. The van der Waals surface area contributed by atoms with Crippen molar-refractivity contribution in [3.8, 4) is 0 Å². The first kappa shape index (κ1) is 15.4. The molecule has 0 aliphatic rings. The van der Waals surface area contributed by atoms with Crippen LogP contribution in [0.5, 0.6) is 0 Å². The van der Waals surface area contributed by atoms with Crippen LogP contribution in [0.25, 0.3) is 0 Å². The zero-order valence-electron chi connectivity index (χ0n) is 10.7. The van der Waals surface area contributed by atoms with E-state index in [-0.39, 0.29) is 12.2 Å². The van der Waals surface area contributed by atoms with Crippen molar-refractivity contribution < 1.29 is 28.6 Å². The summed E-state index contributed by atoms with van der Waals surface area (Å²) in [6.45, 7) is 6.26. The minimum absolute atomic E-state index is 0.230. The Hall–Kier alpha value is -1.59. The Morgan fingerprint density at radius 2 is 1.71 bits per heavy atom. The van der Waals surface area contributed by atoms with Crippen LogP contribution in [0.15, 0.2) is 0 Å². The van der Waals surface area contributed by atoms with Gasteiger partial charge in [-0.3, -0.25) is 4.79 Å². The number of esters is 1. The van der Waals surface area contributed by atoms with Crippen molar-refractivity contribution in [1.29, 1.82) is 0 Å². The summed E-state index contributed by atoms with van der Waals surface area (Å²) in [6, 6.07) is 0. The lowest BCUT2D eigenvalue weighted by molar-refractivity contribution is -0.154. The van der Waals surface area contributed by atoms with Gasteiger partial charge in [0.15, 0.2) is 0 Å². The maximum absolute atomic E-state index is 11.3. The van der Waals surface area contributed by atoms with Crippen molar-refractivity contribution in [2.24, 2.45) is 0 Å². The summed E-state index contributed by atoms with van der Waals surface area (Å²) in [4.78, 5) is 33.5. The minimum atomic E-state index is -1.26. The van der Waals surface area contributed by atoms with E-state index >= 15 is 0 Å². The molecule has 0 saturated heterocycles. The second-order valence-corrected chi connectivity index (χ2v) is 4.50. The maximum Gasteiger partial charge on any atom is 0.509 e. The molecule has 0 N–H and O–H groups in total. The van der Waals surface area contributed by atoms with E-state index in [1.807, 2.05) is 0 Å². The molecular formula is C11H18O6. The van der Waals surface area contributed by atoms with Gasteiger partial charge in [-0.25, -0.2) is 9.59 Å². The molecule has 6 nitrogen and oxygen atoms in total. The number of carbonyl (C=O) groups is 3. The molecule has 98 valence electrons. The smallest absolute Gasteiger partial charge is 0.466 e. The Kier molecular flexibility index (Phi) is 5.64. The molecular weight excluding hydrogens is 228 g/mol. The lowest BCUT2D eigenvalue weighted by Gasteiger charge is -2.21. The highest BCUT2D eigenvalue weighted by Crippen LogP contribution is 2.11. The normalized spacial score (nSPS) is 12.5. The molecule has 0 spiro atoms. The molecule has 6 heteroatoms. The molecule has 1 unspecified atom stereocenters. The molecule has 0 aromatic carbocycles. The van der Waals surface area contributed by atoms with E-state index in [4.69, 9.17) is 9.47 Å². The van der Waals surface area contributed by atoms with E-state index in [9.17, 15) is 14.4 Å². The van der Waals surface area contributed by atoms with Gasteiger partial charge in [0, 0.05) is 0 Å². The highest BCUT2D eigenvalue weighted by molar-refractivity contribution is 5.85. The van der Waals surface area contributed by atoms with Gasteiger partial charge < -0.3 is 14.2 Å². The van der Waals surface area contributed by atoms with Crippen LogP contribution in [0.4, 0.5) is 4.79 Å². The number of ketones is 1. The Labute approximate surface area is 100 Å². The van der Waals surface area contributed by atoms with Gasteiger partial charge in [-0.2, -0.15) is 0 Å². The zero-order chi connectivity index (χ0) is 13.6. The molecule has 0 bridgehead atoms. The van der Waals surface area contributed by atoms with Gasteiger partial charge in [0.05, 0.1) is 13.5 Å². The SMILES string of the molecule is COC(=O)C(CC(C)=O)OC(=O)OC(C)(C)C. The fourth-order valence-electron chi connectivity index (χ4n) is 0.956. The monoisotopic (exact) mass is 246 g/mol. The first-order valence-corrected chi connectivity index (χ1v) is 5.12. The Bertz CT molecular complexity index is 302. The van der Waals surface area contributed by atoms with Crippen LogP contribution in [-0.4, -0.2) is 36.7 Å². The Morgan fingerprint density at radius 1 is 1.18 bits per heavy atom. The molecule has 0 fully saturated rings. The van der Waals surface area contributed by atoms with Crippen molar-refractivity contribution in [1.82, 2.24) is 0 Å². The Balaban J connectivity index is 4.48. The van der Waals surface area contributed by atoms with E-state index in [1.165, 1.54) is 6.92 Å². The van der Waals surface area contributed by atoms with Gasteiger partial charge in [-0.1, -0.05) is 0 Å². The zero-order valence-corrected chi connectivity index (χ0v) is 10.7. The molecule has 0 aromatic rings. The Morgan fingerprint density at radius 3 is 2.06 bits per heavy atom. The number of Topliss-reactive ketones (excluding diaryl/α,β-unsaturated/α-hetero) is 1. The summed E-state index contributed by atoms with van der Waals surface area (Å²) < 4.78 is 14.0. The average Bonchev–Trinajstić information content (AvgIpc) is 2.11. The number of hydrogen-bond donors (Lipinski definition) is 0.